The maximum atomic E-state index is 6.74. The third kappa shape index (κ3) is 5.67. The molecule has 0 saturated carbocycles. The van der Waals surface area contributed by atoms with Crippen LogP contribution in [-0.4, -0.2) is 19.9 Å². The van der Waals surface area contributed by atoms with E-state index in [4.69, 9.17) is 28.2 Å². The maximum absolute atomic E-state index is 6.74. The second kappa shape index (κ2) is 13.9. The van der Waals surface area contributed by atoms with Crippen molar-refractivity contribution < 1.29 is 13.3 Å². The van der Waals surface area contributed by atoms with Crippen molar-refractivity contribution in [2.75, 3.05) is 0 Å². The molecule has 0 bridgehead atoms. The predicted octanol–water partition coefficient (Wildman–Crippen LogP) is 15.0. The van der Waals surface area contributed by atoms with Crippen LogP contribution in [-0.2, 0) is 0 Å². The molecule has 7 heteroatoms. The largest absolute Gasteiger partial charge is 0.456 e. The molecule has 8 aromatic carbocycles. The van der Waals surface area contributed by atoms with E-state index in [0.717, 1.165) is 116 Å². The van der Waals surface area contributed by atoms with Crippen molar-refractivity contribution in [3.8, 4) is 67.5 Å². The van der Waals surface area contributed by atoms with Gasteiger partial charge in [0.1, 0.15) is 33.5 Å². The zero-order chi connectivity index (χ0) is 41.4. The Morgan fingerprint density at radius 2 is 0.873 bits per heavy atom. The Morgan fingerprint density at radius 3 is 1.67 bits per heavy atom. The second-order valence-electron chi connectivity index (χ2n) is 15.7. The lowest BCUT2D eigenvalue weighted by molar-refractivity contribution is 0.668. The van der Waals surface area contributed by atoms with E-state index in [2.05, 4.69) is 108 Å². The maximum Gasteiger partial charge on any atom is 0.164 e. The Hall–Kier alpha value is -8.68. The number of furan rings is 3. The van der Waals surface area contributed by atoms with E-state index in [1.807, 2.05) is 85.1 Å². The van der Waals surface area contributed by atoms with Gasteiger partial charge in [0.15, 0.2) is 17.5 Å². The van der Waals surface area contributed by atoms with E-state index >= 15 is 0 Å². The number of nitrogens with zero attached hydrogens (tertiary/aromatic N) is 4. The van der Waals surface area contributed by atoms with Gasteiger partial charge in [-0.2, -0.15) is 0 Å². The Labute approximate surface area is 359 Å². The fourth-order valence-electron chi connectivity index (χ4n) is 9.11. The first-order valence-corrected chi connectivity index (χ1v) is 20.9. The molecule has 0 aliphatic rings. The zero-order valence-corrected chi connectivity index (χ0v) is 33.5. The first-order chi connectivity index (χ1) is 31.2. The summed E-state index contributed by atoms with van der Waals surface area (Å²) >= 11 is 0. The van der Waals surface area contributed by atoms with Gasteiger partial charge in [-0.3, -0.25) is 4.98 Å². The molecule has 0 spiro atoms. The standard InChI is InChI=1S/C56H32N4O3/c1-2-15-45(37(12-1)36-11-10-30-57-32-36)56-59-54(58-55(60-56)35-26-27-41-39-13-3-6-19-47(39)61-50(41)31-35)34-24-22-33(23-25-34)38-28-29-42(51-46-16-5-8-21-49(46)63-53(38)51)44-18-9-17-43-40-14-4-7-20-48(40)62-52(43)44/h1-32H. The number of fused-ring (bicyclic) bond motifs is 9. The van der Waals surface area contributed by atoms with Crippen LogP contribution in [0.4, 0.5) is 0 Å². The zero-order valence-electron chi connectivity index (χ0n) is 33.5. The summed E-state index contributed by atoms with van der Waals surface area (Å²) in [5, 5.41) is 6.39. The van der Waals surface area contributed by atoms with E-state index in [-0.39, 0.29) is 0 Å². The quantitative estimate of drug-likeness (QED) is 0.165. The average molecular weight is 809 g/mol. The number of hydrogen-bond acceptors (Lipinski definition) is 7. The minimum atomic E-state index is 0.543. The lowest BCUT2D eigenvalue weighted by Crippen LogP contribution is -2.01. The topological polar surface area (TPSA) is 91.0 Å². The molecule has 7 nitrogen and oxygen atoms in total. The van der Waals surface area contributed by atoms with Gasteiger partial charge in [-0.1, -0.05) is 140 Å². The Morgan fingerprint density at radius 1 is 0.302 bits per heavy atom. The van der Waals surface area contributed by atoms with Gasteiger partial charge in [0.2, 0.25) is 0 Å². The molecule has 63 heavy (non-hydrogen) atoms. The summed E-state index contributed by atoms with van der Waals surface area (Å²) in [6.07, 6.45) is 3.64. The highest BCUT2D eigenvalue weighted by molar-refractivity contribution is 6.19. The Kier molecular flexibility index (Phi) is 7.77. The first kappa shape index (κ1) is 35.1. The summed E-state index contributed by atoms with van der Waals surface area (Å²) in [6.45, 7) is 0. The minimum Gasteiger partial charge on any atom is -0.456 e. The highest BCUT2D eigenvalue weighted by Gasteiger charge is 2.22. The van der Waals surface area contributed by atoms with Crippen LogP contribution in [0, 0.1) is 0 Å². The number of aromatic nitrogens is 4. The SMILES string of the molecule is c1cncc(-c2ccccc2-c2nc(-c3ccc(-c4ccc(-c5cccc6c5oc5ccccc56)c5c4oc4ccccc45)cc3)nc(-c3ccc4c(c3)oc3ccccc34)n2)c1. The van der Waals surface area contributed by atoms with Crippen LogP contribution in [0.15, 0.2) is 208 Å². The average Bonchev–Trinajstić information content (AvgIpc) is 4.06. The number of benzene rings is 8. The number of para-hydroxylation sites is 4. The highest BCUT2D eigenvalue weighted by Crippen LogP contribution is 2.45. The van der Waals surface area contributed by atoms with Crippen molar-refractivity contribution in [1.29, 1.82) is 0 Å². The van der Waals surface area contributed by atoms with Crippen LogP contribution in [0.25, 0.3) is 133 Å². The minimum absolute atomic E-state index is 0.543. The normalized spacial score (nSPS) is 11.8. The molecule has 5 heterocycles. The molecular formula is C56H32N4O3. The molecule has 0 atom stereocenters. The molecule has 0 N–H and O–H groups in total. The fourth-order valence-corrected chi connectivity index (χ4v) is 9.11. The van der Waals surface area contributed by atoms with Crippen LogP contribution in [0.1, 0.15) is 0 Å². The summed E-state index contributed by atoms with van der Waals surface area (Å²) in [5.74, 6) is 1.65. The van der Waals surface area contributed by atoms with Gasteiger partial charge in [-0.05, 0) is 59.2 Å². The van der Waals surface area contributed by atoms with Gasteiger partial charge in [0, 0.05) is 78.1 Å². The van der Waals surface area contributed by atoms with Gasteiger partial charge in [-0.25, -0.2) is 15.0 Å². The lowest BCUT2D eigenvalue weighted by atomic mass is 9.93. The van der Waals surface area contributed by atoms with Crippen molar-refractivity contribution in [1.82, 2.24) is 19.9 Å². The summed E-state index contributed by atoms with van der Waals surface area (Å²) in [7, 11) is 0. The Bertz CT molecular complexity index is 3920. The van der Waals surface area contributed by atoms with E-state index in [1.165, 1.54) is 0 Å². The van der Waals surface area contributed by atoms with E-state index in [0.29, 0.717) is 17.5 Å². The molecule has 0 amide bonds. The molecule has 0 aliphatic carbocycles. The number of hydrogen-bond donors (Lipinski definition) is 0. The summed E-state index contributed by atoms with van der Waals surface area (Å²) < 4.78 is 19.6. The Balaban J connectivity index is 0.956. The number of rotatable bonds is 6. The molecule has 5 aromatic heterocycles. The monoisotopic (exact) mass is 808 g/mol. The van der Waals surface area contributed by atoms with Crippen molar-refractivity contribution in [3.05, 3.63) is 194 Å². The van der Waals surface area contributed by atoms with Crippen molar-refractivity contribution >= 4 is 65.8 Å². The van der Waals surface area contributed by atoms with Gasteiger partial charge >= 0.3 is 0 Å². The van der Waals surface area contributed by atoms with E-state index in [1.54, 1.807) is 6.20 Å². The van der Waals surface area contributed by atoms with Crippen molar-refractivity contribution in [2.45, 2.75) is 0 Å². The fraction of sp³-hybridized carbons (Fsp3) is 0. The predicted molar refractivity (Wildman–Crippen MR) is 252 cm³/mol. The highest BCUT2D eigenvalue weighted by atomic mass is 16.3. The van der Waals surface area contributed by atoms with Crippen LogP contribution >= 0.6 is 0 Å². The summed E-state index contributed by atoms with van der Waals surface area (Å²) in [6, 6.07) is 61.9. The molecule has 294 valence electrons. The molecular weight excluding hydrogens is 777 g/mol. The third-order valence-corrected chi connectivity index (χ3v) is 12.1. The van der Waals surface area contributed by atoms with Gasteiger partial charge < -0.3 is 13.3 Å². The second-order valence-corrected chi connectivity index (χ2v) is 15.7. The molecule has 0 radical (unpaired) electrons. The van der Waals surface area contributed by atoms with E-state index < -0.39 is 0 Å². The first-order valence-electron chi connectivity index (χ1n) is 20.9. The van der Waals surface area contributed by atoms with Gasteiger partial charge in [0.25, 0.3) is 0 Å². The molecule has 0 fully saturated rings. The third-order valence-electron chi connectivity index (χ3n) is 12.1. The van der Waals surface area contributed by atoms with Crippen LogP contribution in [0.5, 0.6) is 0 Å². The number of pyridine rings is 1. The molecule has 13 aromatic rings. The van der Waals surface area contributed by atoms with Crippen LogP contribution in [0.3, 0.4) is 0 Å². The summed E-state index contributed by atoms with van der Waals surface area (Å²) in [4.78, 5) is 19.8. The van der Waals surface area contributed by atoms with Gasteiger partial charge in [0.05, 0.1) is 0 Å². The lowest BCUT2D eigenvalue weighted by Gasteiger charge is -2.12. The van der Waals surface area contributed by atoms with E-state index in [9.17, 15) is 0 Å². The van der Waals surface area contributed by atoms with Gasteiger partial charge in [-0.15, -0.1) is 0 Å². The molecule has 0 unspecified atom stereocenters. The van der Waals surface area contributed by atoms with Crippen LogP contribution in [0.2, 0.25) is 0 Å². The van der Waals surface area contributed by atoms with Crippen molar-refractivity contribution in [2.24, 2.45) is 0 Å². The van der Waals surface area contributed by atoms with Crippen LogP contribution < -0.4 is 0 Å². The molecule has 13 rings (SSSR count). The van der Waals surface area contributed by atoms with Crippen molar-refractivity contribution in [3.63, 3.8) is 0 Å². The molecule has 0 aliphatic heterocycles. The smallest absolute Gasteiger partial charge is 0.164 e. The molecule has 0 saturated heterocycles. The summed E-state index contributed by atoms with van der Waals surface area (Å²) in [5.41, 5.74) is 13.5.